The smallest absolute Gasteiger partial charge is 0.240 e. The maximum atomic E-state index is 13.1. The molecule has 3 nitrogen and oxygen atoms in total. The van der Waals surface area contributed by atoms with Crippen molar-refractivity contribution >= 4 is 98.9 Å². The minimum absolute atomic E-state index is 0.0946. The van der Waals surface area contributed by atoms with Crippen LogP contribution in [0.1, 0.15) is 0 Å². The number of carbonyl (C=O) groups is 2. The highest BCUT2D eigenvalue weighted by Gasteiger charge is 2.87. The molecule has 3 aliphatic rings. The van der Waals surface area contributed by atoms with Crippen molar-refractivity contribution in [3.05, 3.63) is 34.3 Å². The second-order valence-corrected chi connectivity index (χ2v) is 10.4. The van der Waals surface area contributed by atoms with Gasteiger partial charge in [0, 0.05) is 4.90 Å². The summed E-state index contributed by atoms with van der Waals surface area (Å²) in [5, 5.41) is -0.189. The number of anilines is 1. The standard InChI is InChI=1S/C16H9Cl6NO2S/c1-26-7-4-2-6(3-5-7)23-12(24)8-9(13(23)25)15(20)11(18)10(17)14(8,19)16(15,21)22/h2-5,8-9H,1H3/t8-,9+,14-,15-/m0/s1. The molecule has 0 unspecified atom stereocenters. The fourth-order valence-corrected chi connectivity index (χ4v) is 7.32. The van der Waals surface area contributed by atoms with Gasteiger partial charge in [0.1, 0.15) is 9.75 Å². The number of thioether (sulfide) groups is 1. The minimum atomic E-state index is -1.91. The number of amides is 2. The predicted octanol–water partition coefficient (Wildman–Crippen LogP) is 5.36. The van der Waals surface area contributed by atoms with Gasteiger partial charge < -0.3 is 0 Å². The van der Waals surface area contributed by atoms with E-state index < -0.39 is 37.7 Å². The van der Waals surface area contributed by atoms with Gasteiger partial charge in [-0.15, -0.1) is 35.0 Å². The van der Waals surface area contributed by atoms with Gasteiger partial charge in [0.2, 0.25) is 11.8 Å². The molecular weight excluding hydrogens is 483 g/mol. The predicted molar refractivity (Wildman–Crippen MR) is 108 cm³/mol. The highest BCUT2D eigenvalue weighted by Crippen LogP contribution is 2.77. The van der Waals surface area contributed by atoms with Crippen LogP contribution < -0.4 is 4.90 Å². The molecule has 0 spiro atoms. The Hall–Kier alpha value is 0.190. The summed E-state index contributed by atoms with van der Waals surface area (Å²) in [5.74, 6) is -3.33. The van der Waals surface area contributed by atoms with Gasteiger partial charge in [-0.05, 0) is 30.5 Å². The van der Waals surface area contributed by atoms with Gasteiger partial charge in [0.25, 0.3) is 0 Å². The van der Waals surface area contributed by atoms with Crippen LogP contribution in [0.3, 0.4) is 0 Å². The number of rotatable bonds is 2. The topological polar surface area (TPSA) is 37.4 Å². The summed E-state index contributed by atoms with van der Waals surface area (Å²) in [6.07, 6.45) is 1.92. The van der Waals surface area contributed by atoms with E-state index in [2.05, 4.69) is 0 Å². The molecule has 1 aromatic carbocycles. The van der Waals surface area contributed by atoms with E-state index in [1.807, 2.05) is 18.4 Å². The number of alkyl halides is 4. The summed E-state index contributed by atoms with van der Waals surface area (Å²) >= 11 is 40.3. The van der Waals surface area contributed by atoms with E-state index in [4.69, 9.17) is 69.6 Å². The van der Waals surface area contributed by atoms with Crippen LogP contribution in [-0.2, 0) is 9.59 Å². The average molecular weight is 492 g/mol. The number of imide groups is 1. The van der Waals surface area contributed by atoms with Crippen LogP contribution in [0, 0.1) is 11.8 Å². The summed E-state index contributed by atoms with van der Waals surface area (Å²) in [7, 11) is 0. The van der Waals surface area contributed by atoms with E-state index in [1.54, 1.807) is 23.9 Å². The molecule has 0 N–H and O–H groups in total. The third-order valence-corrected chi connectivity index (χ3v) is 10.2. The molecule has 1 heterocycles. The first-order chi connectivity index (χ1) is 12.0. The van der Waals surface area contributed by atoms with Gasteiger partial charge in [0.15, 0.2) is 4.33 Å². The lowest BCUT2D eigenvalue weighted by atomic mass is 9.84. The third kappa shape index (κ3) is 1.93. The van der Waals surface area contributed by atoms with E-state index >= 15 is 0 Å². The van der Waals surface area contributed by atoms with Crippen molar-refractivity contribution in [1.82, 2.24) is 0 Å². The zero-order valence-corrected chi connectivity index (χ0v) is 18.3. The Bertz CT molecular complexity index is 841. The number of hydrogen-bond donors (Lipinski definition) is 0. The average Bonchev–Trinajstić information content (AvgIpc) is 3.00. The number of fused-ring (bicyclic) bond motifs is 5. The first-order valence-electron chi connectivity index (χ1n) is 7.38. The van der Waals surface area contributed by atoms with Crippen molar-refractivity contribution in [3.63, 3.8) is 0 Å². The van der Waals surface area contributed by atoms with Crippen LogP contribution in [0.5, 0.6) is 0 Å². The van der Waals surface area contributed by atoms with Crippen LogP contribution in [-0.4, -0.2) is 32.2 Å². The van der Waals surface area contributed by atoms with E-state index in [-0.39, 0.29) is 10.1 Å². The highest BCUT2D eigenvalue weighted by molar-refractivity contribution is 7.98. The first kappa shape index (κ1) is 19.5. The summed E-state index contributed by atoms with van der Waals surface area (Å²) in [6.45, 7) is 0. The molecule has 2 aliphatic carbocycles. The van der Waals surface area contributed by atoms with Crippen molar-refractivity contribution < 1.29 is 9.59 Å². The zero-order valence-electron chi connectivity index (χ0n) is 12.9. The summed E-state index contributed by atoms with van der Waals surface area (Å²) in [4.78, 5) is 24.8. The number of halogens is 6. The minimum Gasteiger partial charge on any atom is -0.274 e. The van der Waals surface area contributed by atoms with Crippen LogP contribution in [0.15, 0.2) is 39.2 Å². The molecule has 1 aromatic rings. The van der Waals surface area contributed by atoms with Gasteiger partial charge in [-0.2, -0.15) is 0 Å². The summed E-state index contributed by atoms with van der Waals surface area (Å²) in [5.41, 5.74) is 0.411. The molecule has 2 amide bonds. The largest absolute Gasteiger partial charge is 0.274 e. The molecule has 4 rings (SSSR count). The third-order valence-electron chi connectivity index (χ3n) is 5.24. The second-order valence-electron chi connectivity index (χ2n) is 6.29. The molecule has 138 valence electrons. The Morgan fingerprint density at radius 1 is 0.885 bits per heavy atom. The van der Waals surface area contributed by atoms with Crippen molar-refractivity contribution in [3.8, 4) is 0 Å². The molecule has 0 aromatic heterocycles. The van der Waals surface area contributed by atoms with E-state index in [9.17, 15) is 9.59 Å². The lowest BCUT2D eigenvalue weighted by Gasteiger charge is -2.34. The van der Waals surface area contributed by atoms with Crippen molar-refractivity contribution in [2.45, 2.75) is 19.0 Å². The maximum absolute atomic E-state index is 13.1. The molecular formula is C16H9Cl6NO2S. The van der Waals surface area contributed by atoms with Crippen molar-refractivity contribution in [2.75, 3.05) is 11.2 Å². The molecule has 26 heavy (non-hydrogen) atoms. The van der Waals surface area contributed by atoms with Crippen LogP contribution in [0.25, 0.3) is 0 Å². The van der Waals surface area contributed by atoms with E-state index in [0.29, 0.717) is 5.69 Å². The Morgan fingerprint density at radius 3 is 1.69 bits per heavy atom. The lowest BCUT2D eigenvalue weighted by molar-refractivity contribution is -0.123. The number of allylic oxidation sites excluding steroid dienone is 2. The Kier molecular flexibility index (Phi) is 4.39. The number of carbonyl (C=O) groups excluding carboxylic acids is 2. The van der Waals surface area contributed by atoms with E-state index in [1.165, 1.54) is 0 Å². The van der Waals surface area contributed by atoms with Crippen molar-refractivity contribution in [2.24, 2.45) is 11.8 Å². The van der Waals surface area contributed by atoms with Crippen LogP contribution in [0.4, 0.5) is 5.69 Å². The quantitative estimate of drug-likeness (QED) is 0.317. The Balaban J connectivity index is 1.86. The van der Waals surface area contributed by atoms with Gasteiger partial charge in [-0.25, -0.2) is 4.90 Å². The molecule has 1 aliphatic heterocycles. The number of hydrogen-bond acceptors (Lipinski definition) is 3. The molecule has 2 bridgehead atoms. The molecule has 1 saturated carbocycles. The van der Waals surface area contributed by atoms with Crippen LogP contribution in [0.2, 0.25) is 0 Å². The number of benzene rings is 1. The van der Waals surface area contributed by atoms with Gasteiger partial charge in [-0.3, -0.25) is 9.59 Å². The highest BCUT2D eigenvalue weighted by atomic mass is 35.5. The second kappa shape index (κ2) is 5.85. The zero-order chi connectivity index (χ0) is 19.2. The molecule has 2 fully saturated rings. The van der Waals surface area contributed by atoms with Gasteiger partial charge in [-0.1, -0.05) is 46.4 Å². The number of nitrogens with zero attached hydrogens (tertiary/aromatic N) is 1. The van der Waals surface area contributed by atoms with Crippen LogP contribution >= 0.6 is 81.4 Å². The summed E-state index contributed by atoms with van der Waals surface area (Å²) in [6, 6.07) is 6.97. The lowest BCUT2D eigenvalue weighted by Crippen LogP contribution is -2.50. The molecule has 4 atom stereocenters. The fraction of sp³-hybridized carbons (Fsp3) is 0.375. The molecule has 1 saturated heterocycles. The Labute approximate surface area is 183 Å². The van der Waals surface area contributed by atoms with Gasteiger partial charge in [0.05, 0.1) is 27.6 Å². The monoisotopic (exact) mass is 489 g/mol. The molecule has 0 radical (unpaired) electrons. The van der Waals surface area contributed by atoms with Gasteiger partial charge >= 0.3 is 0 Å². The molecule has 10 heteroatoms. The maximum Gasteiger partial charge on any atom is 0.240 e. The summed E-state index contributed by atoms with van der Waals surface area (Å²) < 4.78 is -1.91. The van der Waals surface area contributed by atoms with E-state index in [0.717, 1.165) is 9.80 Å². The SMILES string of the molecule is CSc1ccc(N2C(=O)[C@@H]3[C@H](C2=O)[C@]2(Cl)C(Cl)=C(Cl)[C@]3(Cl)C2(Cl)Cl)cc1. The normalized spacial score (nSPS) is 37.7. The fourth-order valence-electron chi connectivity index (χ4n) is 3.98. The first-order valence-corrected chi connectivity index (χ1v) is 10.9. The Morgan fingerprint density at radius 2 is 1.31 bits per heavy atom. The van der Waals surface area contributed by atoms with Crippen molar-refractivity contribution in [1.29, 1.82) is 0 Å².